The van der Waals surface area contributed by atoms with Crippen molar-refractivity contribution in [3.05, 3.63) is 57.7 Å². The van der Waals surface area contributed by atoms with Crippen LogP contribution in [-0.4, -0.2) is 30.5 Å². The van der Waals surface area contributed by atoms with E-state index >= 15 is 0 Å². The van der Waals surface area contributed by atoms with Crippen LogP contribution in [0.1, 0.15) is 53.1 Å². The number of carbonyl (C=O) groups excluding carboxylic acids is 2. The van der Waals surface area contributed by atoms with E-state index in [-0.39, 0.29) is 19.2 Å². The molecule has 2 aromatic carbocycles. The zero-order valence-corrected chi connectivity index (χ0v) is 19.5. The van der Waals surface area contributed by atoms with E-state index in [2.05, 4.69) is 27.4 Å². The molecule has 0 aliphatic carbocycles. The molecule has 0 fully saturated rings. The van der Waals surface area contributed by atoms with Gasteiger partial charge in [0.1, 0.15) is 24.4 Å². The molecule has 1 aromatic heterocycles. The average Bonchev–Trinajstić information content (AvgIpc) is 3.08. The van der Waals surface area contributed by atoms with E-state index in [1.54, 1.807) is 38.3 Å². The molecule has 0 saturated carbocycles. The maximum absolute atomic E-state index is 13.0. The van der Waals surface area contributed by atoms with Gasteiger partial charge in [-0.2, -0.15) is 0 Å². The number of benzene rings is 2. The van der Waals surface area contributed by atoms with Crippen molar-refractivity contribution in [2.45, 2.75) is 39.8 Å². The second kappa shape index (κ2) is 10.5. The van der Waals surface area contributed by atoms with Crippen molar-refractivity contribution >= 4 is 39.1 Å². The molecule has 0 bridgehead atoms. The van der Waals surface area contributed by atoms with E-state index < -0.39 is 0 Å². The molecule has 0 aliphatic rings. The quantitative estimate of drug-likeness (QED) is 0.267. The van der Waals surface area contributed by atoms with Crippen molar-refractivity contribution in [2.75, 3.05) is 13.7 Å². The molecule has 3 aromatic rings. The molecular weight excluding hydrogens is 462 g/mol. The van der Waals surface area contributed by atoms with Crippen LogP contribution < -0.4 is 9.47 Å². The molecule has 3 rings (SSSR count). The maximum atomic E-state index is 13.0. The summed E-state index contributed by atoms with van der Waals surface area (Å²) in [5.74, 6) is 0.871. The van der Waals surface area contributed by atoms with Crippen molar-refractivity contribution in [2.24, 2.45) is 0 Å². The molecule has 0 N–H and O–H groups in total. The highest BCUT2D eigenvalue weighted by Crippen LogP contribution is 2.36. The molecular formula is C24H26BrNO5. The number of aldehydes is 1. The summed E-state index contributed by atoms with van der Waals surface area (Å²) >= 11 is 3.56. The van der Waals surface area contributed by atoms with E-state index in [4.69, 9.17) is 14.2 Å². The zero-order chi connectivity index (χ0) is 22.4. The van der Waals surface area contributed by atoms with Gasteiger partial charge < -0.3 is 18.8 Å². The monoisotopic (exact) mass is 487 g/mol. The third-order valence-corrected chi connectivity index (χ3v) is 5.67. The summed E-state index contributed by atoms with van der Waals surface area (Å²) in [4.78, 5) is 23.9. The normalized spacial score (nSPS) is 10.8. The Morgan fingerprint density at radius 2 is 1.90 bits per heavy atom. The van der Waals surface area contributed by atoms with Crippen LogP contribution in [0.2, 0.25) is 0 Å². The number of hydrogen-bond acceptors (Lipinski definition) is 5. The number of unbranched alkanes of at least 4 members (excludes halogenated alkanes) is 1. The fraction of sp³-hybridized carbons (Fsp3) is 0.333. The summed E-state index contributed by atoms with van der Waals surface area (Å²) in [7, 11) is 1.59. The Labute approximate surface area is 190 Å². The third kappa shape index (κ3) is 4.93. The molecule has 164 valence electrons. The van der Waals surface area contributed by atoms with Gasteiger partial charge in [-0.15, -0.1) is 0 Å². The third-order valence-electron chi connectivity index (χ3n) is 5.05. The molecule has 7 heteroatoms. The summed E-state index contributed by atoms with van der Waals surface area (Å²) in [5, 5.41) is 0.768. The summed E-state index contributed by atoms with van der Waals surface area (Å²) in [5.41, 5.74) is 2.73. The minimum absolute atomic E-state index is 0.187. The van der Waals surface area contributed by atoms with Crippen molar-refractivity contribution in [1.29, 1.82) is 0 Å². The molecule has 0 unspecified atom stereocenters. The lowest BCUT2D eigenvalue weighted by atomic mass is 10.1. The van der Waals surface area contributed by atoms with Gasteiger partial charge in [0.25, 0.3) is 0 Å². The Bertz CT molecular complexity index is 1070. The number of hydrogen-bond donors (Lipinski definition) is 0. The Morgan fingerprint density at radius 1 is 1.16 bits per heavy atom. The maximum Gasteiger partial charge on any atom is 0.340 e. The van der Waals surface area contributed by atoms with Crippen LogP contribution in [0, 0.1) is 0 Å². The van der Waals surface area contributed by atoms with Crippen LogP contribution in [0.5, 0.6) is 11.5 Å². The second-order valence-corrected chi connectivity index (χ2v) is 7.88. The Balaban J connectivity index is 2.12. The van der Waals surface area contributed by atoms with Crippen LogP contribution in [0.15, 0.2) is 40.9 Å². The van der Waals surface area contributed by atoms with E-state index in [0.29, 0.717) is 22.6 Å². The standard InChI is InChI=1S/C24H26BrNO5/c1-4-6-11-26-20-13-19(25)22(29-3)12-18(20)23(24(28)30-5-2)21(26)15-31-17-9-7-16(14-27)8-10-17/h7-10,12-14H,4-6,11,15H2,1-3H3. The predicted octanol–water partition coefficient (Wildman–Crippen LogP) is 5.78. The second-order valence-electron chi connectivity index (χ2n) is 7.03. The highest BCUT2D eigenvalue weighted by Gasteiger charge is 2.25. The number of methoxy groups -OCH3 is 1. The summed E-state index contributed by atoms with van der Waals surface area (Å²) in [6.45, 7) is 5.13. The van der Waals surface area contributed by atoms with Crippen LogP contribution in [0.4, 0.5) is 0 Å². The Kier molecular flexibility index (Phi) is 7.74. The fourth-order valence-corrected chi connectivity index (χ4v) is 4.00. The fourth-order valence-electron chi connectivity index (χ4n) is 3.51. The minimum atomic E-state index is -0.387. The van der Waals surface area contributed by atoms with Gasteiger partial charge in [-0.1, -0.05) is 13.3 Å². The lowest BCUT2D eigenvalue weighted by molar-refractivity contribution is 0.0525. The lowest BCUT2D eigenvalue weighted by Gasteiger charge is -2.13. The molecule has 31 heavy (non-hydrogen) atoms. The summed E-state index contributed by atoms with van der Waals surface area (Å²) in [6.07, 6.45) is 2.76. The van der Waals surface area contributed by atoms with Crippen LogP contribution in [-0.2, 0) is 17.9 Å². The largest absolute Gasteiger partial charge is 0.496 e. The van der Waals surface area contributed by atoms with Gasteiger partial charge in [-0.25, -0.2) is 4.79 Å². The van der Waals surface area contributed by atoms with Gasteiger partial charge in [-0.05, 0) is 65.7 Å². The minimum Gasteiger partial charge on any atom is -0.496 e. The smallest absolute Gasteiger partial charge is 0.340 e. The van der Waals surface area contributed by atoms with Gasteiger partial charge in [0.05, 0.1) is 35.0 Å². The van der Waals surface area contributed by atoms with E-state index in [0.717, 1.165) is 46.7 Å². The predicted molar refractivity (Wildman–Crippen MR) is 123 cm³/mol. The molecule has 1 heterocycles. The highest BCUT2D eigenvalue weighted by molar-refractivity contribution is 9.10. The van der Waals surface area contributed by atoms with Gasteiger partial charge in [0, 0.05) is 17.5 Å². The Morgan fingerprint density at radius 3 is 2.52 bits per heavy atom. The SMILES string of the molecule is CCCCn1c(COc2ccc(C=O)cc2)c(C(=O)OCC)c2cc(OC)c(Br)cc21. The van der Waals surface area contributed by atoms with Crippen LogP contribution in [0.3, 0.4) is 0 Å². The highest BCUT2D eigenvalue weighted by atomic mass is 79.9. The van der Waals surface area contributed by atoms with Crippen LogP contribution >= 0.6 is 15.9 Å². The number of esters is 1. The van der Waals surface area contributed by atoms with Gasteiger partial charge in [-0.3, -0.25) is 4.79 Å². The van der Waals surface area contributed by atoms with Gasteiger partial charge in [0.15, 0.2) is 0 Å². The Hall–Kier alpha value is -2.80. The number of carbonyl (C=O) groups is 2. The first-order valence-electron chi connectivity index (χ1n) is 10.3. The molecule has 0 radical (unpaired) electrons. The van der Waals surface area contributed by atoms with Crippen molar-refractivity contribution in [3.63, 3.8) is 0 Å². The van der Waals surface area contributed by atoms with Crippen LogP contribution in [0.25, 0.3) is 10.9 Å². The molecule has 0 atom stereocenters. The number of nitrogens with zero attached hydrogens (tertiary/aromatic N) is 1. The molecule has 0 spiro atoms. The molecule has 6 nitrogen and oxygen atoms in total. The molecule has 0 amide bonds. The van der Waals surface area contributed by atoms with E-state index in [1.165, 1.54) is 0 Å². The first-order valence-corrected chi connectivity index (χ1v) is 11.1. The number of aromatic nitrogens is 1. The van der Waals surface area contributed by atoms with Gasteiger partial charge >= 0.3 is 5.97 Å². The summed E-state index contributed by atoms with van der Waals surface area (Å²) in [6, 6.07) is 10.7. The van der Waals surface area contributed by atoms with Crippen molar-refractivity contribution in [3.8, 4) is 11.5 Å². The van der Waals surface area contributed by atoms with E-state index in [9.17, 15) is 9.59 Å². The van der Waals surface area contributed by atoms with Gasteiger partial charge in [0.2, 0.25) is 0 Å². The van der Waals surface area contributed by atoms with Crippen molar-refractivity contribution < 1.29 is 23.8 Å². The number of halogens is 1. The summed E-state index contributed by atoms with van der Waals surface area (Å²) < 4.78 is 19.8. The average molecular weight is 488 g/mol. The zero-order valence-electron chi connectivity index (χ0n) is 17.9. The molecule has 0 saturated heterocycles. The number of aryl methyl sites for hydroxylation is 1. The first-order chi connectivity index (χ1) is 15.0. The molecule has 0 aliphatic heterocycles. The number of ether oxygens (including phenoxy) is 3. The van der Waals surface area contributed by atoms with E-state index in [1.807, 2.05) is 12.1 Å². The topological polar surface area (TPSA) is 66.8 Å². The van der Waals surface area contributed by atoms with Crippen molar-refractivity contribution in [1.82, 2.24) is 4.57 Å². The lowest BCUT2D eigenvalue weighted by Crippen LogP contribution is -2.13. The first kappa shape index (κ1) is 22.9. The number of fused-ring (bicyclic) bond motifs is 1. The number of rotatable bonds is 10.